The predicted octanol–water partition coefficient (Wildman–Crippen LogP) is 3.94. The Balaban J connectivity index is 1.88. The summed E-state index contributed by atoms with van der Waals surface area (Å²) in [5.74, 6) is 0. The Morgan fingerprint density at radius 3 is 2.38 bits per heavy atom. The highest BCUT2D eigenvalue weighted by Gasteiger charge is 2.21. The van der Waals surface area contributed by atoms with Crippen molar-refractivity contribution in [2.75, 3.05) is 38.0 Å². The van der Waals surface area contributed by atoms with E-state index in [0.29, 0.717) is 15.7 Å². The molecule has 0 aromatic heterocycles. The maximum atomic E-state index is 12.3. The molecule has 1 heterocycles. The molecule has 1 saturated heterocycles. The average molecular weight is 330 g/mol. The monoisotopic (exact) mass is 329 g/mol. The Morgan fingerprint density at radius 2 is 1.81 bits per heavy atom. The third-order valence-corrected chi connectivity index (χ3v) is 4.31. The number of hydrogen-bond acceptors (Lipinski definition) is 2. The number of carbonyl (C=O) groups is 1. The Morgan fingerprint density at radius 1 is 1.19 bits per heavy atom. The Bertz CT molecular complexity index is 468. The van der Waals surface area contributed by atoms with E-state index in [9.17, 15) is 4.79 Å². The molecular weight excluding hydrogens is 309 g/mol. The van der Waals surface area contributed by atoms with E-state index >= 15 is 0 Å². The van der Waals surface area contributed by atoms with Gasteiger partial charge in [-0.05, 0) is 25.1 Å². The molecule has 21 heavy (non-hydrogen) atoms. The Hall–Kier alpha value is -0.970. The summed E-state index contributed by atoms with van der Waals surface area (Å²) in [5, 5.41) is 3.72. The van der Waals surface area contributed by atoms with Crippen LogP contribution in [-0.4, -0.2) is 48.6 Å². The Labute approximate surface area is 136 Å². The molecular formula is C15H21Cl2N3O. The number of rotatable bonds is 4. The largest absolute Gasteiger partial charge is 0.322 e. The van der Waals surface area contributed by atoms with Crippen molar-refractivity contribution in [3.8, 4) is 0 Å². The van der Waals surface area contributed by atoms with Crippen molar-refractivity contribution in [1.29, 1.82) is 0 Å². The van der Waals surface area contributed by atoms with Gasteiger partial charge in [-0.3, -0.25) is 4.90 Å². The molecule has 2 amide bonds. The molecule has 0 atom stereocenters. The zero-order chi connectivity index (χ0) is 15.2. The lowest BCUT2D eigenvalue weighted by Gasteiger charge is -2.34. The zero-order valence-electron chi connectivity index (χ0n) is 12.2. The van der Waals surface area contributed by atoms with Crippen LogP contribution in [-0.2, 0) is 0 Å². The first-order valence-electron chi connectivity index (χ1n) is 7.34. The molecule has 0 bridgehead atoms. The zero-order valence-corrected chi connectivity index (χ0v) is 13.8. The van der Waals surface area contributed by atoms with E-state index in [0.717, 1.165) is 32.7 Å². The first-order valence-corrected chi connectivity index (χ1v) is 8.09. The number of anilines is 1. The van der Waals surface area contributed by atoms with Crippen molar-refractivity contribution in [3.05, 3.63) is 28.2 Å². The van der Waals surface area contributed by atoms with Crippen LogP contribution in [0.25, 0.3) is 0 Å². The summed E-state index contributed by atoms with van der Waals surface area (Å²) in [6.07, 6.45) is 2.41. The average Bonchev–Trinajstić information content (AvgIpc) is 2.49. The number of para-hydroxylation sites is 1. The number of nitrogens with zero attached hydrogens (tertiary/aromatic N) is 2. The number of urea groups is 1. The number of halogens is 2. The van der Waals surface area contributed by atoms with Crippen molar-refractivity contribution in [3.63, 3.8) is 0 Å². The van der Waals surface area contributed by atoms with Crippen LogP contribution in [0, 0.1) is 0 Å². The van der Waals surface area contributed by atoms with Crippen molar-refractivity contribution in [2.24, 2.45) is 0 Å². The number of piperazine rings is 1. The number of hydrogen-bond donors (Lipinski definition) is 1. The lowest BCUT2D eigenvalue weighted by molar-refractivity contribution is 0.146. The Kier molecular flexibility index (Phi) is 6.15. The van der Waals surface area contributed by atoms with E-state index in [4.69, 9.17) is 23.2 Å². The number of nitrogens with one attached hydrogen (secondary N) is 1. The van der Waals surface area contributed by atoms with Crippen molar-refractivity contribution < 1.29 is 4.79 Å². The number of amides is 2. The van der Waals surface area contributed by atoms with Gasteiger partial charge < -0.3 is 10.2 Å². The van der Waals surface area contributed by atoms with Crippen LogP contribution in [0.5, 0.6) is 0 Å². The predicted molar refractivity (Wildman–Crippen MR) is 88.4 cm³/mol. The normalized spacial score (nSPS) is 16.0. The van der Waals surface area contributed by atoms with Gasteiger partial charge in [0.15, 0.2) is 0 Å². The fourth-order valence-electron chi connectivity index (χ4n) is 2.36. The van der Waals surface area contributed by atoms with Crippen LogP contribution < -0.4 is 5.32 Å². The highest BCUT2D eigenvalue weighted by atomic mass is 35.5. The lowest BCUT2D eigenvalue weighted by Crippen LogP contribution is -2.50. The second-order valence-corrected chi connectivity index (χ2v) is 6.02. The van der Waals surface area contributed by atoms with Crippen LogP contribution >= 0.6 is 23.2 Å². The quantitative estimate of drug-likeness (QED) is 0.907. The number of benzene rings is 1. The lowest BCUT2D eigenvalue weighted by atomic mass is 10.2. The minimum absolute atomic E-state index is 0.139. The molecule has 4 nitrogen and oxygen atoms in total. The molecule has 0 spiro atoms. The van der Waals surface area contributed by atoms with Gasteiger partial charge in [0.1, 0.15) is 0 Å². The van der Waals surface area contributed by atoms with E-state index in [1.54, 1.807) is 18.2 Å². The van der Waals surface area contributed by atoms with Crippen molar-refractivity contribution >= 4 is 34.9 Å². The summed E-state index contributed by atoms with van der Waals surface area (Å²) in [7, 11) is 0. The molecule has 1 aliphatic rings. The summed E-state index contributed by atoms with van der Waals surface area (Å²) in [6, 6.07) is 5.05. The second kappa shape index (κ2) is 7.87. The molecule has 0 aliphatic carbocycles. The minimum Gasteiger partial charge on any atom is -0.322 e. The van der Waals surface area contributed by atoms with Gasteiger partial charge in [-0.2, -0.15) is 0 Å². The van der Waals surface area contributed by atoms with E-state index in [2.05, 4.69) is 17.1 Å². The third-order valence-electron chi connectivity index (χ3n) is 3.68. The molecule has 1 fully saturated rings. The molecule has 6 heteroatoms. The SMILES string of the molecule is CCCCN1CCN(C(=O)Nc2c(Cl)cccc2Cl)CC1. The summed E-state index contributed by atoms with van der Waals surface area (Å²) in [4.78, 5) is 16.5. The first kappa shape index (κ1) is 16.4. The van der Waals surface area contributed by atoms with Gasteiger partial charge in [-0.15, -0.1) is 0 Å². The van der Waals surface area contributed by atoms with Gasteiger partial charge >= 0.3 is 6.03 Å². The fourth-order valence-corrected chi connectivity index (χ4v) is 2.85. The first-order chi connectivity index (χ1) is 10.1. The standard InChI is InChI=1S/C15H21Cl2N3O/c1-2-3-7-19-8-10-20(11-9-19)15(21)18-14-12(16)5-4-6-13(14)17/h4-6H,2-3,7-11H2,1H3,(H,18,21). The van der Waals surface area contributed by atoms with Gasteiger partial charge in [0.05, 0.1) is 15.7 Å². The molecule has 0 radical (unpaired) electrons. The molecule has 1 aromatic carbocycles. The van der Waals surface area contributed by atoms with Crippen LogP contribution in [0.1, 0.15) is 19.8 Å². The van der Waals surface area contributed by atoms with Crippen LogP contribution in [0.4, 0.5) is 10.5 Å². The highest BCUT2D eigenvalue weighted by Crippen LogP contribution is 2.30. The molecule has 1 aliphatic heterocycles. The maximum absolute atomic E-state index is 12.3. The van der Waals surface area contributed by atoms with Gasteiger partial charge in [0.25, 0.3) is 0 Å². The molecule has 0 unspecified atom stereocenters. The van der Waals surface area contributed by atoms with E-state index < -0.39 is 0 Å². The van der Waals surface area contributed by atoms with E-state index in [1.807, 2.05) is 4.90 Å². The summed E-state index contributed by atoms with van der Waals surface area (Å²) in [5.41, 5.74) is 0.485. The topological polar surface area (TPSA) is 35.6 Å². The number of unbranched alkanes of at least 4 members (excludes halogenated alkanes) is 1. The minimum atomic E-state index is -0.139. The molecule has 116 valence electrons. The molecule has 2 rings (SSSR count). The van der Waals surface area contributed by atoms with Gasteiger partial charge in [-0.25, -0.2) is 4.79 Å². The van der Waals surface area contributed by atoms with Gasteiger partial charge in [0, 0.05) is 26.2 Å². The van der Waals surface area contributed by atoms with Gasteiger partial charge in [0.2, 0.25) is 0 Å². The smallest absolute Gasteiger partial charge is 0.322 e. The molecule has 1 N–H and O–H groups in total. The summed E-state index contributed by atoms with van der Waals surface area (Å²) < 4.78 is 0. The van der Waals surface area contributed by atoms with Crippen molar-refractivity contribution in [2.45, 2.75) is 19.8 Å². The second-order valence-electron chi connectivity index (χ2n) is 5.21. The summed E-state index contributed by atoms with van der Waals surface area (Å²) in [6.45, 7) is 6.61. The van der Waals surface area contributed by atoms with Crippen LogP contribution in [0.2, 0.25) is 10.0 Å². The van der Waals surface area contributed by atoms with Crippen molar-refractivity contribution in [1.82, 2.24) is 9.80 Å². The maximum Gasteiger partial charge on any atom is 0.322 e. The van der Waals surface area contributed by atoms with Crippen LogP contribution in [0.15, 0.2) is 18.2 Å². The highest BCUT2D eigenvalue weighted by molar-refractivity contribution is 6.39. The number of carbonyl (C=O) groups excluding carboxylic acids is 1. The third kappa shape index (κ3) is 4.50. The fraction of sp³-hybridized carbons (Fsp3) is 0.533. The van der Waals surface area contributed by atoms with Gasteiger partial charge in [-0.1, -0.05) is 42.6 Å². The molecule has 1 aromatic rings. The van der Waals surface area contributed by atoms with E-state index in [-0.39, 0.29) is 6.03 Å². The molecule has 0 saturated carbocycles. The van der Waals surface area contributed by atoms with E-state index in [1.165, 1.54) is 12.8 Å². The summed E-state index contributed by atoms with van der Waals surface area (Å²) >= 11 is 12.1. The van der Waals surface area contributed by atoms with Crippen LogP contribution in [0.3, 0.4) is 0 Å².